The molecule has 1 aromatic carbocycles. The van der Waals surface area contributed by atoms with Gasteiger partial charge in [0.2, 0.25) is 5.91 Å². The van der Waals surface area contributed by atoms with Crippen LogP contribution in [0.1, 0.15) is 25.0 Å². The van der Waals surface area contributed by atoms with Crippen LogP contribution >= 0.6 is 24.0 Å². The summed E-state index contributed by atoms with van der Waals surface area (Å²) in [7, 11) is 0. The average molecular weight is 355 g/mol. The van der Waals surface area contributed by atoms with Gasteiger partial charge in [-0.15, -0.1) is 12.4 Å². The fraction of sp³-hybridized carbons (Fsp3) is 0.353. The molecule has 3 N–H and O–H groups in total. The molecule has 1 fully saturated rings. The number of nitrogens with two attached hydrogens (primary N) is 1. The third-order valence-corrected chi connectivity index (χ3v) is 4.41. The van der Waals surface area contributed by atoms with Crippen molar-refractivity contribution in [3.05, 3.63) is 47.2 Å². The molecule has 1 aliphatic rings. The summed E-state index contributed by atoms with van der Waals surface area (Å²) < 4.78 is 5.76. The number of benzene rings is 1. The number of carbonyl (C=O) groups is 1. The van der Waals surface area contributed by atoms with Crippen molar-refractivity contribution in [3.8, 4) is 11.3 Å². The third-order valence-electron chi connectivity index (χ3n) is 4.08. The Hall–Kier alpha value is -1.49. The lowest BCUT2D eigenvalue weighted by Crippen LogP contribution is -2.29. The minimum absolute atomic E-state index is 0. The van der Waals surface area contributed by atoms with Crippen LogP contribution in [0.3, 0.4) is 0 Å². The van der Waals surface area contributed by atoms with Gasteiger partial charge >= 0.3 is 0 Å². The first-order valence-corrected chi connectivity index (χ1v) is 7.88. The molecule has 0 saturated heterocycles. The van der Waals surface area contributed by atoms with Gasteiger partial charge in [-0.2, -0.15) is 0 Å². The summed E-state index contributed by atoms with van der Waals surface area (Å²) in [6.45, 7) is 0.384. The molecule has 4 nitrogen and oxygen atoms in total. The monoisotopic (exact) mass is 354 g/mol. The molecule has 1 saturated carbocycles. The molecule has 23 heavy (non-hydrogen) atoms. The maximum atomic E-state index is 12.1. The minimum Gasteiger partial charge on any atom is -0.459 e. The molecule has 3 rings (SSSR count). The van der Waals surface area contributed by atoms with Crippen LogP contribution in [-0.4, -0.2) is 11.9 Å². The van der Waals surface area contributed by atoms with Crippen LogP contribution < -0.4 is 11.1 Å². The van der Waals surface area contributed by atoms with Crippen LogP contribution in [0.5, 0.6) is 0 Å². The average Bonchev–Trinajstić information content (AvgIpc) is 3.14. The van der Waals surface area contributed by atoms with Gasteiger partial charge in [0.05, 0.1) is 11.6 Å². The molecule has 2 aromatic rings. The first kappa shape index (κ1) is 17.9. The van der Waals surface area contributed by atoms with E-state index >= 15 is 0 Å². The van der Waals surface area contributed by atoms with Gasteiger partial charge in [-0.3, -0.25) is 4.79 Å². The van der Waals surface area contributed by atoms with Crippen molar-refractivity contribution in [1.82, 2.24) is 5.32 Å². The van der Waals surface area contributed by atoms with E-state index in [0.29, 0.717) is 23.1 Å². The number of halogens is 2. The van der Waals surface area contributed by atoms with E-state index in [1.165, 1.54) is 0 Å². The molecule has 6 heteroatoms. The molecule has 1 aromatic heterocycles. The number of hydrogen-bond acceptors (Lipinski definition) is 3. The highest BCUT2D eigenvalue weighted by Crippen LogP contribution is 2.29. The molecule has 1 amide bonds. The first-order chi connectivity index (χ1) is 10.6. The number of rotatable bonds is 4. The van der Waals surface area contributed by atoms with Gasteiger partial charge in [-0.05, 0) is 43.5 Å². The van der Waals surface area contributed by atoms with Crippen molar-refractivity contribution >= 4 is 29.9 Å². The smallest absolute Gasteiger partial charge is 0.223 e. The fourth-order valence-corrected chi connectivity index (χ4v) is 3.08. The second-order valence-corrected chi connectivity index (χ2v) is 6.14. The van der Waals surface area contributed by atoms with E-state index in [0.717, 1.165) is 24.8 Å². The lowest BCUT2D eigenvalue weighted by atomic mass is 10.1. The quantitative estimate of drug-likeness (QED) is 0.877. The highest BCUT2D eigenvalue weighted by molar-refractivity contribution is 6.33. The summed E-state index contributed by atoms with van der Waals surface area (Å²) in [5, 5.41) is 3.57. The maximum absolute atomic E-state index is 12.1. The molecule has 0 radical (unpaired) electrons. The van der Waals surface area contributed by atoms with Crippen LogP contribution in [0, 0.1) is 5.92 Å². The van der Waals surface area contributed by atoms with Crippen LogP contribution in [0.4, 0.5) is 0 Å². The number of carbonyl (C=O) groups excluding carboxylic acids is 1. The zero-order chi connectivity index (χ0) is 15.5. The van der Waals surface area contributed by atoms with E-state index < -0.39 is 0 Å². The van der Waals surface area contributed by atoms with Crippen LogP contribution in [0.15, 0.2) is 40.8 Å². The number of hydrogen-bond donors (Lipinski definition) is 2. The van der Waals surface area contributed by atoms with E-state index in [-0.39, 0.29) is 30.3 Å². The summed E-state index contributed by atoms with van der Waals surface area (Å²) in [5.74, 6) is 1.51. The van der Waals surface area contributed by atoms with Gasteiger partial charge in [0, 0.05) is 17.5 Å². The predicted octanol–water partition coefficient (Wildman–Crippen LogP) is 3.77. The second kappa shape index (κ2) is 7.86. The van der Waals surface area contributed by atoms with Crippen LogP contribution in [0.2, 0.25) is 5.02 Å². The van der Waals surface area contributed by atoms with Gasteiger partial charge < -0.3 is 15.5 Å². The highest BCUT2D eigenvalue weighted by atomic mass is 35.5. The highest BCUT2D eigenvalue weighted by Gasteiger charge is 2.27. The first-order valence-electron chi connectivity index (χ1n) is 7.50. The molecule has 0 unspecified atom stereocenters. The Morgan fingerprint density at radius 2 is 2.04 bits per heavy atom. The van der Waals surface area contributed by atoms with E-state index in [2.05, 4.69) is 5.32 Å². The molecule has 1 aliphatic carbocycles. The summed E-state index contributed by atoms with van der Waals surface area (Å²) in [4.78, 5) is 12.1. The van der Waals surface area contributed by atoms with Crippen molar-refractivity contribution in [1.29, 1.82) is 0 Å². The second-order valence-electron chi connectivity index (χ2n) is 5.73. The standard InChI is InChI=1S/C17H19ClN2O2.ClH/c18-15-4-2-1-3-14(15)16-8-7-13(22-16)10-20-17(21)11-5-6-12(19)9-11;/h1-4,7-8,11-12H,5-6,9-10,19H2,(H,20,21);1H/t11-,12+;/m0./s1. The molecule has 0 aliphatic heterocycles. The zero-order valence-corrected chi connectivity index (χ0v) is 14.2. The molecular weight excluding hydrogens is 335 g/mol. The zero-order valence-electron chi connectivity index (χ0n) is 12.6. The number of amides is 1. The summed E-state index contributed by atoms with van der Waals surface area (Å²) in [6, 6.07) is 11.4. The summed E-state index contributed by atoms with van der Waals surface area (Å²) in [5.41, 5.74) is 6.69. The van der Waals surface area contributed by atoms with Crippen molar-refractivity contribution < 1.29 is 9.21 Å². The molecule has 0 bridgehead atoms. The Bertz CT molecular complexity index is 672. The van der Waals surface area contributed by atoms with Gasteiger partial charge in [-0.1, -0.05) is 23.7 Å². The van der Waals surface area contributed by atoms with Gasteiger partial charge in [-0.25, -0.2) is 0 Å². The largest absolute Gasteiger partial charge is 0.459 e. The topological polar surface area (TPSA) is 68.3 Å². The molecule has 2 atom stereocenters. The van der Waals surface area contributed by atoms with Gasteiger partial charge in [0.15, 0.2) is 0 Å². The third kappa shape index (κ3) is 4.28. The normalized spacial score (nSPS) is 20.1. The predicted molar refractivity (Wildman–Crippen MR) is 93.6 cm³/mol. The maximum Gasteiger partial charge on any atom is 0.223 e. The van der Waals surface area contributed by atoms with Gasteiger partial charge in [0.25, 0.3) is 0 Å². The Morgan fingerprint density at radius 1 is 1.26 bits per heavy atom. The van der Waals surface area contributed by atoms with E-state index in [1.54, 1.807) is 0 Å². The van der Waals surface area contributed by atoms with E-state index in [4.69, 9.17) is 21.8 Å². The van der Waals surface area contributed by atoms with Gasteiger partial charge in [0.1, 0.15) is 11.5 Å². The number of furan rings is 1. The van der Waals surface area contributed by atoms with Crippen molar-refractivity contribution in [2.45, 2.75) is 31.8 Å². The van der Waals surface area contributed by atoms with Crippen molar-refractivity contribution in [3.63, 3.8) is 0 Å². The van der Waals surface area contributed by atoms with Crippen molar-refractivity contribution in [2.75, 3.05) is 0 Å². The lowest BCUT2D eigenvalue weighted by molar-refractivity contribution is -0.125. The fourth-order valence-electron chi connectivity index (χ4n) is 2.85. The Labute approximate surface area is 146 Å². The van der Waals surface area contributed by atoms with Crippen molar-refractivity contribution in [2.24, 2.45) is 11.7 Å². The molecule has 1 heterocycles. The minimum atomic E-state index is 0. The summed E-state index contributed by atoms with van der Waals surface area (Å²) in [6.07, 6.45) is 2.57. The lowest BCUT2D eigenvalue weighted by Gasteiger charge is -2.09. The molecule has 0 spiro atoms. The molecule has 124 valence electrons. The number of nitrogens with one attached hydrogen (secondary N) is 1. The molecular formula is C17H20Cl2N2O2. The Balaban J connectivity index is 0.00000192. The van der Waals surface area contributed by atoms with E-state index in [1.807, 2.05) is 36.4 Å². The Kier molecular flexibility index (Phi) is 6.10. The Morgan fingerprint density at radius 3 is 2.74 bits per heavy atom. The van der Waals surface area contributed by atoms with Crippen LogP contribution in [0.25, 0.3) is 11.3 Å². The van der Waals surface area contributed by atoms with Crippen LogP contribution in [-0.2, 0) is 11.3 Å². The summed E-state index contributed by atoms with van der Waals surface area (Å²) >= 11 is 6.15. The SMILES string of the molecule is Cl.N[C@@H]1CC[C@H](C(=O)NCc2ccc(-c3ccccc3Cl)o2)C1. The van der Waals surface area contributed by atoms with E-state index in [9.17, 15) is 4.79 Å².